The highest BCUT2D eigenvalue weighted by Gasteiger charge is 2.20. The molecule has 1 fully saturated rings. The van der Waals surface area contributed by atoms with Crippen molar-refractivity contribution in [1.82, 2.24) is 9.97 Å². The topological polar surface area (TPSA) is 81.0 Å². The van der Waals surface area contributed by atoms with Crippen LogP contribution in [0, 0.1) is 0 Å². The number of nitrogens with one attached hydrogen (secondary N) is 1. The summed E-state index contributed by atoms with van der Waals surface area (Å²) in [5.74, 6) is 0.921. The van der Waals surface area contributed by atoms with E-state index in [1.165, 1.54) is 6.07 Å². The third kappa shape index (κ3) is 1.83. The smallest absolute Gasteiger partial charge is 0.251 e. The first-order chi connectivity index (χ1) is 6.79. The monoisotopic (exact) mass is 195 g/mol. The summed E-state index contributed by atoms with van der Waals surface area (Å²) in [5, 5.41) is 0. The Morgan fingerprint density at radius 3 is 3.21 bits per heavy atom. The lowest BCUT2D eigenvalue weighted by Gasteiger charge is -2.07. The van der Waals surface area contributed by atoms with Gasteiger partial charge in [-0.05, 0) is 6.42 Å². The number of rotatable bonds is 2. The van der Waals surface area contributed by atoms with Crippen molar-refractivity contribution in [2.24, 2.45) is 5.73 Å². The first-order valence-corrected chi connectivity index (χ1v) is 4.67. The molecule has 1 aliphatic heterocycles. The zero-order chi connectivity index (χ0) is 9.97. The molecule has 1 atom stereocenters. The van der Waals surface area contributed by atoms with Gasteiger partial charge in [0.2, 0.25) is 0 Å². The van der Waals surface area contributed by atoms with Gasteiger partial charge in [0.1, 0.15) is 5.82 Å². The number of hydrogen-bond donors (Lipinski definition) is 2. The van der Waals surface area contributed by atoms with Crippen LogP contribution in [0.3, 0.4) is 0 Å². The second kappa shape index (κ2) is 3.89. The lowest BCUT2D eigenvalue weighted by Crippen LogP contribution is -2.17. The van der Waals surface area contributed by atoms with E-state index in [-0.39, 0.29) is 11.5 Å². The summed E-state index contributed by atoms with van der Waals surface area (Å²) >= 11 is 0. The third-order valence-corrected chi connectivity index (χ3v) is 2.34. The molecule has 1 saturated heterocycles. The van der Waals surface area contributed by atoms with Gasteiger partial charge in [-0.3, -0.25) is 4.79 Å². The van der Waals surface area contributed by atoms with Gasteiger partial charge in [0.15, 0.2) is 0 Å². The highest BCUT2D eigenvalue weighted by atomic mass is 16.5. The van der Waals surface area contributed by atoms with E-state index in [2.05, 4.69) is 9.97 Å². The Labute approximate surface area is 81.3 Å². The maximum Gasteiger partial charge on any atom is 0.251 e. The molecular weight excluding hydrogens is 182 g/mol. The van der Waals surface area contributed by atoms with E-state index >= 15 is 0 Å². The molecule has 1 aromatic heterocycles. The van der Waals surface area contributed by atoms with Crippen molar-refractivity contribution in [2.45, 2.75) is 18.9 Å². The van der Waals surface area contributed by atoms with Crippen LogP contribution in [0.25, 0.3) is 0 Å². The Hall–Kier alpha value is -1.20. The molecular formula is C9H13N3O2. The SMILES string of the molecule is NCc1cc(=O)[nH]c(C2CCOC2)n1. The molecule has 5 nitrogen and oxygen atoms in total. The van der Waals surface area contributed by atoms with E-state index in [0.717, 1.165) is 13.0 Å². The largest absolute Gasteiger partial charge is 0.381 e. The van der Waals surface area contributed by atoms with Crippen LogP contribution in [0.2, 0.25) is 0 Å². The zero-order valence-electron chi connectivity index (χ0n) is 7.82. The number of ether oxygens (including phenoxy) is 1. The van der Waals surface area contributed by atoms with Crippen LogP contribution < -0.4 is 11.3 Å². The molecule has 1 aromatic rings. The third-order valence-electron chi connectivity index (χ3n) is 2.34. The average Bonchev–Trinajstić information content (AvgIpc) is 2.69. The maximum atomic E-state index is 11.2. The number of H-pyrrole nitrogens is 1. The fourth-order valence-electron chi connectivity index (χ4n) is 1.58. The number of nitrogens with two attached hydrogens (primary N) is 1. The summed E-state index contributed by atoms with van der Waals surface area (Å²) in [4.78, 5) is 18.2. The van der Waals surface area contributed by atoms with Gasteiger partial charge in [0.25, 0.3) is 5.56 Å². The molecule has 5 heteroatoms. The van der Waals surface area contributed by atoms with Crippen molar-refractivity contribution in [3.05, 3.63) is 27.9 Å². The Balaban J connectivity index is 2.32. The average molecular weight is 195 g/mol. The Morgan fingerprint density at radius 2 is 2.57 bits per heavy atom. The first-order valence-electron chi connectivity index (χ1n) is 4.67. The molecule has 0 radical (unpaired) electrons. The molecule has 76 valence electrons. The van der Waals surface area contributed by atoms with Crippen LogP contribution in [0.15, 0.2) is 10.9 Å². The predicted octanol–water partition coefficient (Wildman–Crippen LogP) is -0.268. The van der Waals surface area contributed by atoms with E-state index < -0.39 is 0 Å². The molecule has 3 N–H and O–H groups in total. The summed E-state index contributed by atoms with van der Waals surface area (Å²) in [6.45, 7) is 1.67. The van der Waals surface area contributed by atoms with Crippen molar-refractivity contribution in [3.63, 3.8) is 0 Å². The predicted molar refractivity (Wildman–Crippen MR) is 50.9 cm³/mol. The van der Waals surface area contributed by atoms with Crippen LogP contribution in [0.1, 0.15) is 23.9 Å². The van der Waals surface area contributed by atoms with Crippen LogP contribution >= 0.6 is 0 Å². The van der Waals surface area contributed by atoms with Gasteiger partial charge in [-0.25, -0.2) is 4.98 Å². The Bertz CT molecular complexity index is 369. The number of hydrogen-bond acceptors (Lipinski definition) is 4. The van der Waals surface area contributed by atoms with Gasteiger partial charge in [-0.1, -0.05) is 0 Å². The molecule has 1 aliphatic rings. The summed E-state index contributed by atoms with van der Waals surface area (Å²) < 4.78 is 5.23. The van der Waals surface area contributed by atoms with Gasteiger partial charge in [-0.15, -0.1) is 0 Å². The van der Waals surface area contributed by atoms with Crippen molar-refractivity contribution in [3.8, 4) is 0 Å². The van der Waals surface area contributed by atoms with Crippen molar-refractivity contribution < 1.29 is 4.74 Å². The summed E-state index contributed by atoms with van der Waals surface area (Å²) in [7, 11) is 0. The fourth-order valence-corrected chi connectivity index (χ4v) is 1.58. The van der Waals surface area contributed by atoms with Crippen LogP contribution in [-0.4, -0.2) is 23.2 Å². The number of aromatic nitrogens is 2. The molecule has 14 heavy (non-hydrogen) atoms. The minimum absolute atomic E-state index is 0.137. The second-order valence-electron chi connectivity index (χ2n) is 3.39. The van der Waals surface area contributed by atoms with Crippen LogP contribution in [0.5, 0.6) is 0 Å². The number of aromatic amines is 1. The molecule has 2 heterocycles. The van der Waals surface area contributed by atoms with Crippen molar-refractivity contribution in [2.75, 3.05) is 13.2 Å². The van der Waals surface area contributed by atoms with Crippen LogP contribution in [0.4, 0.5) is 0 Å². The molecule has 0 amide bonds. The first kappa shape index (κ1) is 9.36. The summed E-state index contributed by atoms with van der Waals surface area (Å²) in [6.07, 6.45) is 0.914. The fraction of sp³-hybridized carbons (Fsp3) is 0.556. The summed E-state index contributed by atoms with van der Waals surface area (Å²) in [6, 6.07) is 1.43. The van der Waals surface area contributed by atoms with Crippen molar-refractivity contribution in [1.29, 1.82) is 0 Å². The van der Waals surface area contributed by atoms with E-state index in [9.17, 15) is 4.79 Å². The van der Waals surface area contributed by atoms with Gasteiger partial charge in [-0.2, -0.15) is 0 Å². The molecule has 0 spiro atoms. The zero-order valence-corrected chi connectivity index (χ0v) is 7.82. The molecule has 0 saturated carbocycles. The minimum atomic E-state index is -0.137. The standard InChI is InChI=1S/C9H13N3O2/c10-4-7-3-8(13)12-9(11-7)6-1-2-14-5-6/h3,6H,1-2,4-5,10H2,(H,11,12,13). The summed E-state index contributed by atoms with van der Waals surface area (Å²) in [5.41, 5.74) is 5.94. The second-order valence-corrected chi connectivity index (χ2v) is 3.39. The van der Waals surface area contributed by atoms with Crippen LogP contribution in [-0.2, 0) is 11.3 Å². The molecule has 2 rings (SSSR count). The van der Waals surface area contributed by atoms with E-state index in [0.29, 0.717) is 24.7 Å². The molecule has 0 aromatic carbocycles. The Kier molecular flexibility index (Phi) is 2.60. The van der Waals surface area contributed by atoms with Gasteiger partial charge >= 0.3 is 0 Å². The van der Waals surface area contributed by atoms with E-state index in [1.807, 2.05) is 0 Å². The van der Waals surface area contributed by atoms with Gasteiger partial charge in [0.05, 0.1) is 12.3 Å². The Morgan fingerprint density at radius 1 is 1.71 bits per heavy atom. The van der Waals surface area contributed by atoms with Gasteiger partial charge in [0, 0.05) is 25.1 Å². The highest BCUT2D eigenvalue weighted by Crippen LogP contribution is 2.20. The lowest BCUT2D eigenvalue weighted by molar-refractivity contribution is 0.193. The highest BCUT2D eigenvalue weighted by molar-refractivity contribution is 5.06. The lowest BCUT2D eigenvalue weighted by atomic mass is 10.1. The number of nitrogens with zero attached hydrogens (tertiary/aromatic N) is 1. The molecule has 1 unspecified atom stereocenters. The van der Waals surface area contributed by atoms with E-state index in [1.54, 1.807) is 0 Å². The minimum Gasteiger partial charge on any atom is -0.381 e. The maximum absolute atomic E-state index is 11.2. The quantitative estimate of drug-likeness (QED) is 0.680. The van der Waals surface area contributed by atoms with E-state index in [4.69, 9.17) is 10.5 Å². The molecule has 0 bridgehead atoms. The van der Waals surface area contributed by atoms with Crippen molar-refractivity contribution >= 4 is 0 Å². The van der Waals surface area contributed by atoms with Gasteiger partial charge < -0.3 is 15.5 Å². The molecule has 0 aliphatic carbocycles. The normalized spacial score (nSPS) is 21.4.